The van der Waals surface area contributed by atoms with E-state index < -0.39 is 5.82 Å². The summed E-state index contributed by atoms with van der Waals surface area (Å²) in [4.78, 5) is 1.35. The molecule has 19 heavy (non-hydrogen) atoms. The molecule has 1 aliphatic heterocycles. The molecule has 0 bridgehead atoms. The average molecular weight is 297 g/mol. The molecule has 1 unspecified atom stereocenters. The van der Waals surface area contributed by atoms with Crippen LogP contribution >= 0.6 is 22.9 Å². The number of anilines is 2. The second-order valence-electron chi connectivity index (χ2n) is 4.64. The van der Waals surface area contributed by atoms with Crippen molar-refractivity contribution in [2.75, 3.05) is 18.4 Å². The van der Waals surface area contributed by atoms with Crippen LogP contribution in [0.1, 0.15) is 17.2 Å². The number of hydrogen-bond donors (Lipinski definition) is 2. The Bertz CT molecular complexity index is 579. The van der Waals surface area contributed by atoms with Crippen LogP contribution in [-0.4, -0.2) is 13.1 Å². The van der Waals surface area contributed by atoms with E-state index in [9.17, 15) is 4.39 Å². The number of nitrogens with one attached hydrogen (secondary N) is 2. The fourth-order valence-corrected chi connectivity index (χ4v) is 3.52. The van der Waals surface area contributed by atoms with Gasteiger partial charge in [-0.3, -0.25) is 0 Å². The molecule has 2 nitrogen and oxygen atoms in total. The quantitative estimate of drug-likeness (QED) is 0.879. The van der Waals surface area contributed by atoms with Crippen molar-refractivity contribution in [3.63, 3.8) is 0 Å². The van der Waals surface area contributed by atoms with Gasteiger partial charge in [0, 0.05) is 23.0 Å². The topological polar surface area (TPSA) is 24.1 Å². The van der Waals surface area contributed by atoms with Gasteiger partial charge in [-0.1, -0.05) is 11.6 Å². The van der Waals surface area contributed by atoms with Gasteiger partial charge in [-0.05, 0) is 42.6 Å². The van der Waals surface area contributed by atoms with E-state index in [4.69, 9.17) is 11.6 Å². The van der Waals surface area contributed by atoms with Gasteiger partial charge in [0.25, 0.3) is 0 Å². The largest absolute Gasteiger partial charge is 0.355 e. The van der Waals surface area contributed by atoms with Gasteiger partial charge in [0.2, 0.25) is 0 Å². The number of rotatable bonds is 3. The molecule has 5 heteroatoms. The van der Waals surface area contributed by atoms with Crippen LogP contribution in [0.25, 0.3) is 0 Å². The fraction of sp³-hybridized carbons (Fsp3) is 0.286. The molecule has 0 aliphatic carbocycles. The summed E-state index contributed by atoms with van der Waals surface area (Å²) < 4.78 is 13.1. The molecule has 0 saturated carbocycles. The van der Waals surface area contributed by atoms with Gasteiger partial charge in [0.1, 0.15) is 5.82 Å². The standard InChI is InChI=1S/C14H14ClFN2S/c15-11-7-10(1-2-12(11)16)18-13-4-6-19-14(13)9-3-5-17-8-9/h1-2,4,6-7,9,17-18H,3,5,8H2. The van der Waals surface area contributed by atoms with Crippen LogP contribution in [0.2, 0.25) is 5.02 Å². The molecule has 1 saturated heterocycles. The van der Waals surface area contributed by atoms with E-state index >= 15 is 0 Å². The average Bonchev–Trinajstić information content (AvgIpc) is 3.04. The molecule has 2 N–H and O–H groups in total. The zero-order valence-electron chi connectivity index (χ0n) is 10.2. The zero-order chi connectivity index (χ0) is 13.2. The highest BCUT2D eigenvalue weighted by atomic mass is 35.5. The summed E-state index contributed by atoms with van der Waals surface area (Å²) in [5, 5.41) is 8.93. The minimum absolute atomic E-state index is 0.143. The smallest absolute Gasteiger partial charge is 0.141 e. The van der Waals surface area contributed by atoms with Crippen LogP contribution in [0.3, 0.4) is 0 Å². The molecule has 1 atom stereocenters. The first-order chi connectivity index (χ1) is 9.24. The second-order valence-corrected chi connectivity index (χ2v) is 6.00. The maximum absolute atomic E-state index is 13.1. The van der Waals surface area contributed by atoms with Crippen molar-refractivity contribution >= 4 is 34.3 Å². The Labute approximate surface area is 120 Å². The van der Waals surface area contributed by atoms with Crippen molar-refractivity contribution in [2.45, 2.75) is 12.3 Å². The lowest BCUT2D eigenvalue weighted by Gasteiger charge is -2.12. The SMILES string of the molecule is Fc1ccc(Nc2ccsc2C2CCNC2)cc1Cl. The minimum Gasteiger partial charge on any atom is -0.355 e. The Morgan fingerprint density at radius 1 is 1.37 bits per heavy atom. The summed E-state index contributed by atoms with van der Waals surface area (Å²) in [6.45, 7) is 2.10. The fourth-order valence-electron chi connectivity index (χ4n) is 2.35. The molecule has 1 fully saturated rings. The lowest BCUT2D eigenvalue weighted by molar-refractivity contribution is 0.628. The third-order valence-electron chi connectivity index (χ3n) is 3.32. The molecule has 0 amide bonds. The minimum atomic E-state index is -0.391. The van der Waals surface area contributed by atoms with Crippen molar-refractivity contribution < 1.29 is 4.39 Å². The first-order valence-electron chi connectivity index (χ1n) is 6.24. The molecular formula is C14H14ClFN2S. The maximum atomic E-state index is 13.1. The van der Waals surface area contributed by atoms with E-state index in [0.717, 1.165) is 24.5 Å². The molecule has 2 heterocycles. The first-order valence-corrected chi connectivity index (χ1v) is 7.50. The van der Waals surface area contributed by atoms with E-state index in [2.05, 4.69) is 22.1 Å². The van der Waals surface area contributed by atoms with Crippen LogP contribution in [0.4, 0.5) is 15.8 Å². The van der Waals surface area contributed by atoms with Crippen LogP contribution in [0, 0.1) is 5.82 Å². The molecule has 3 rings (SSSR count). The van der Waals surface area contributed by atoms with E-state index in [1.54, 1.807) is 23.5 Å². The number of hydrogen-bond acceptors (Lipinski definition) is 3. The lowest BCUT2D eigenvalue weighted by Crippen LogP contribution is -2.08. The monoisotopic (exact) mass is 296 g/mol. The summed E-state index contributed by atoms with van der Waals surface area (Å²) >= 11 is 7.56. The van der Waals surface area contributed by atoms with Crippen molar-refractivity contribution in [1.29, 1.82) is 0 Å². The molecule has 2 aromatic rings. The summed E-state index contributed by atoms with van der Waals surface area (Å²) in [6.07, 6.45) is 1.17. The van der Waals surface area contributed by atoms with Crippen LogP contribution in [-0.2, 0) is 0 Å². The Morgan fingerprint density at radius 2 is 2.26 bits per heavy atom. The van der Waals surface area contributed by atoms with Crippen molar-refractivity contribution in [3.05, 3.63) is 45.4 Å². The predicted molar refractivity (Wildman–Crippen MR) is 79.2 cm³/mol. The summed E-state index contributed by atoms with van der Waals surface area (Å²) in [6, 6.07) is 6.77. The molecule has 0 spiro atoms. The van der Waals surface area contributed by atoms with Gasteiger partial charge in [0.15, 0.2) is 0 Å². The Balaban J connectivity index is 1.83. The van der Waals surface area contributed by atoms with Gasteiger partial charge in [-0.2, -0.15) is 0 Å². The normalized spacial score (nSPS) is 18.7. The number of halogens is 2. The maximum Gasteiger partial charge on any atom is 0.141 e. The lowest BCUT2D eigenvalue weighted by atomic mass is 10.1. The predicted octanol–water partition coefficient (Wildman–Crippen LogP) is 4.36. The molecule has 1 aromatic carbocycles. The van der Waals surface area contributed by atoms with E-state index in [0.29, 0.717) is 5.92 Å². The first kappa shape index (κ1) is 12.9. The van der Waals surface area contributed by atoms with Crippen LogP contribution < -0.4 is 10.6 Å². The van der Waals surface area contributed by atoms with E-state index in [1.807, 2.05) is 0 Å². The molecule has 1 aromatic heterocycles. The molecule has 100 valence electrons. The Kier molecular flexibility index (Phi) is 3.73. The highest BCUT2D eigenvalue weighted by Gasteiger charge is 2.20. The van der Waals surface area contributed by atoms with E-state index in [-0.39, 0.29) is 5.02 Å². The second kappa shape index (κ2) is 5.49. The Hall–Kier alpha value is -1.10. The van der Waals surface area contributed by atoms with Crippen LogP contribution in [0.15, 0.2) is 29.6 Å². The van der Waals surface area contributed by atoms with Gasteiger partial charge in [-0.25, -0.2) is 4.39 Å². The highest BCUT2D eigenvalue weighted by Crippen LogP contribution is 2.35. The Morgan fingerprint density at radius 3 is 3.00 bits per heavy atom. The van der Waals surface area contributed by atoms with Gasteiger partial charge in [0.05, 0.1) is 10.7 Å². The highest BCUT2D eigenvalue weighted by molar-refractivity contribution is 7.10. The number of benzene rings is 1. The van der Waals surface area contributed by atoms with Crippen molar-refractivity contribution in [2.24, 2.45) is 0 Å². The number of thiophene rings is 1. The van der Waals surface area contributed by atoms with Gasteiger partial charge >= 0.3 is 0 Å². The zero-order valence-corrected chi connectivity index (χ0v) is 11.8. The van der Waals surface area contributed by atoms with Gasteiger partial charge < -0.3 is 10.6 Å². The van der Waals surface area contributed by atoms with E-state index in [1.165, 1.54) is 17.4 Å². The molecule has 1 aliphatic rings. The van der Waals surface area contributed by atoms with Crippen LogP contribution in [0.5, 0.6) is 0 Å². The molecular weight excluding hydrogens is 283 g/mol. The third-order valence-corrected chi connectivity index (χ3v) is 4.69. The van der Waals surface area contributed by atoms with Crippen molar-refractivity contribution in [3.8, 4) is 0 Å². The summed E-state index contributed by atoms with van der Waals surface area (Å²) in [5.74, 6) is 0.177. The van der Waals surface area contributed by atoms with Crippen molar-refractivity contribution in [1.82, 2.24) is 5.32 Å². The third kappa shape index (κ3) is 2.76. The molecule has 0 radical (unpaired) electrons. The van der Waals surface area contributed by atoms with Gasteiger partial charge in [-0.15, -0.1) is 11.3 Å². The summed E-state index contributed by atoms with van der Waals surface area (Å²) in [5.41, 5.74) is 1.92. The summed E-state index contributed by atoms with van der Waals surface area (Å²) in [7, 11) is 0.